The Hall–Kier alpha value is -2.75. The van der Waals surface area contributed by atoms with Gasteiger partial charge in [-0.3, -0.25) is 4.72 Å². The van der Waals surface area contributed by atoms with Gasteiger partial charge in [0.1, 0.15) is 0 Å². The van der Waals surface area contributed by atoms with Crippen molar-refractivity contribution in [2.75, 3.05) is 22.7 Å². The van der Waals surface area contributed by atoms with Crippen LogP contribution in [0.1, 0.15) is 28.8 Å². The summed E-state index contributed by atoms with van der Waals surface area (Å²) in [7, 11) is -4.32. The van der Waals surface area contributed by atoms with E-state index in [0.29, 0.717) is 18.8 Å². The molecule has 1 aliphatic rings. The molecule has 1 N–H and O–H groups in total. The van der Waals surface area contributed by atoms with Crippen LogP contribution in [0.25, 0.3) is 0 Å². The quantitative estimate of drug-likeness (QED) is 0.814. The van der Waals surface area contributed by atoms with Crippen molar-refractivity contribution in [2.24, 2.45) is 0 Å². The van der Waals surface area contributed by atoms with Crippen LogP contribution >= 0.6 is 0 Å². The number of rotatable bonds is 5. The van der Waals surface area contributed by atoms with E-state index in [9.17, 15) is 31.5 Å². The second kappa shape index (κ2) is 7.34. The summed E-state index contributed by atoms with van der Waals surface area (Å²) in [6.45, 7) is 1.19. The second-order valence-electron chi connectivity index (χ2n) is 6.34. The van der Waals surface area contributed by atoms with Crippen LogP contribution in [-0.4, -0.2) is 27.5 Å². The Bertz CT molecular complexity index is 1000. The molecular formula is C18H16F3N2O4S-. The number of halogens is 3. The zero-order chi connectivity index (χ0) is 20.5. The molecule has 0 bridgehead atoms. The van der Waals surface area contributed by atoms with E-state index in [4.69, 9.17) is 0 Å². The molecule has 0 amide bonds. The monoisotopic (exact) mass is 413 g/mol. The molecule has 0 radical (unpaired) electrons. The van der Waals surface area contributed by atoms with Gasteiger partial charge in [-0.05, 0) is 48.7 Å². The number of sulfonamides is 1. The number of hydrogen-bond donors (Lipinski definition) is 1. The molecule has 0 spiro atoms. The van der Waals surface area contributed by atoms with Crippen molar-refractivity contribution in [3.05, 3.63) is 53.6 Å². The molecule has 1 aliphatic heterocycles. The number of nitrogens with one attached hydrogen (secondary N) is 1. The second-order valence-corrected chi connectivity index (χ2v) is 8.03. The molecule has 0 atom stereocenters. The molecule has 0 saturated carbocycles. The summed E-state index contributed by atoms with van der Waals surface area (Å²) in [6, 6.07) is 7.31. The van der Waals surface area contributed by atoms with E-state index >= 15 is 0 Å². The maximum Gasteiger partial charge on any atom is 0.416 e. The highest BCUT2D eigenvalue weighted by Crippen LogP contribution is 2.37. The van der Waals surface area contributed by atoms with Crippen molar-refractivity contribution in [1.82, 2.24) is 0 Å². The lowest BCUT2D eigenvalue weighted by Crippen LogP contribution is -2.24. The number of carboxylic acid groups (broad SMARTS) is 1. The third kappa shape index (κ3) is 4.22. The fourth-order valence-corrected chi connectivity index (χ4v) is 4.13. The Labute approximate surface area is 159 Å². The summed E-state index contributed by atoms with van der Waals surface area (Å²) in [5.41, 5.74) is -1.22. The summed E-state index contributed by atoms with van der Waals surface area (Å²) < 4.78 is 66.9. The molecule has 28 heavy (non-hydrogen) atoms. The minimum Gasteiger partial charge on any atom is -0.545 e. The van der Waals surface area contributed by atoms with Crippen molar-refractivity contribution in [1.29, 1.82) is 0 Å². The van der Waals surface area contributed by atoms with Gasteiger partial charge in [-0.2, -0.15) is 13.2 Å². The molecule has 0 aliphatic carbocycles. The Morgan fingerprint density at radius 3 is 2.36 bits per heavy atom. The standard InChI is InChI=1S/C18H17F3N2O4S/c19-18(20,21)13-6-7-16(23-8-1-2-9-23)15(11-13)22-28(26,27)14-5-3-4-12(10-14)17(24)25/h3-7,10-11,22H,1-2,8-9H2,(H,24,25)/p-1. The zero-order valence-corrected chi connectivity index (χ0v) is 15.3. The van der Waals surface area contributed by atoms with Gasteiger partial charge >= 0.3 is 6.18 Å². The number of hydrogen-bond acceptors (Lipinski definition) is 5. The first-order chi connectivity index (χ1) is 13.1. The maximum atomic E-state index is 13.1. The molecular weight excluding hydrogens is 397 g/mol. The molecule has 0 unspecified atom stereocenters. The molecule has 10 heteroatoms. The molecule has 1 fully saturated rings. The highest BCUT2D eigenvalue weighted by atomic mass is 32.2. The fraction of sp³-hybridized carbons (Fsp3) is 0.278. The average Bonchev–Trinajstić information content (AvgIpc) is 3.15. The van der Waals surface area contributed by atoms with Crippen molar-refractivity contribution in [2.45, 2.75) is 23.9 Å². The first-order valence-corrected chi connectivity index (χ1v) is 9.87. The summed E-state index contributed by atoms with van der Waals surface area (Å²) in [4.78, 5) is 12.4. The van der Waals surface area contributed by atoms with Gasteiger partial charge in [-0.15, -0.1) is 0 Å². The van der Waals surface area contributed by atoms with Crippen LogP contribution in [0, 0.1) is 0 Å². The summed E-state index contributed by atoms with van der Waals surface area (Å²) in [5, 5.41) is 11.0. The number of anilines is 2. The van der Waals surface area contributed by atoms with Crippen LogP contribution in [0.3, 0.4) is 0 Å². The number of nitrogens with zero attached hydrogens (tertiary/aromatic N) is 1. The smallest absolute Gasteiger partial charge is 0.416 e. The lowest BCUT2D eigenvalue weighted by atomic mass is 10.1. The van der Waals surface area contributed by atoms with Gasteiger partial charge in [0, 0.05) is 13.1 Å². The van der Waals surface area contributed by atoms with Crippen LogP contribution in [0.2, 0.25) is 0 Å². The van der Waals surface area contributed by atoms with Gasteiger partial charge < -0.3 is 14.8 Å². The van der Waals surface area contributed by atoms with Crippen LogP contribution in [0.5, 0.6) is 0 Å². The Morgan fingerprint density at radius 1 is 1.07 bits per heavy atom. The Morgan fingerprint density at radius 2 is 1.75 bits per heavy atom. The fourth-order valence-electron chi connectivity index (χ4n) is 3.02. The van der Waals surface area contributed by atoms with Crippen molar-refractivity contribution in [3.63, 3.8) is 0 Å². The Kier molecular flexibility index (Phi) is 5.24. The number of carbonyl (C=O) groups excluding carboxylic acids is 1. The molecule has 2 aromatic carbocycles. The molecule has 150 valence electrons. The van der Waals surface area contributed by atoms with Gasteiger partial charge in [0.25, 0.3) is 10.0 Å². The summed E-state index contributed by atoms with van der Waals surface area (Å²) in [5.74, 6) is -1.56. The normalized spacial score (nSPS) is 14.9. The number of carboxylic acids is 1. The Balaban J connectivity index is 2.03. The molecule has 2 aromatic rings. The minimum absolute atomic E-state index is 0.212. The predicted octanol–water partition coefficient (Wildman–Crippen LogP) is 2.47. The van der Waals surface area contributed by atoms with Crippen LogP contribution in [0.15, 0.2) is 47.4 Å². The van der Waals surface area contributed by atoms with Crippen LogP contribution < -0.4 is 14.7 Å². The van der Waals surface area contributed by atoms with E-state index in [-0.39, 0.29) is 16.1 Å². The van der Waals surface area contributed by atoms with Gasteiger partial charge in [0.2, 0.25) is 0 Å². The third-order valence-corrected chi connectivity index (χ3v) is 5.76. The van der Waals surface area contributed by atoms with Crippen LogP contribution in [-0.2, 0) is 16.2 Å². The average molecular weight is 413 g/mol. The summed E-state index contributed by atoms with van der Waals surface area (Å²) >= 11 is 0. The number of carbonyl (C=O) groups is 1. The van der Waals surface area contributed by atoms with E-state index < -0.39 is 27.7 Å². The van der Waals surface area contributed by atoms with E-state index in [1.54, 1.807) is 4.90 Å². The minimum atomic E-state index is -4.64. The SMILES string of the molecule is O=C([O-])c1cccc(S(=O)(=O)Nc2cc(C(F)(F)F)ccc2N2CCCC2)c1. The van der Waals surface area contributed by atoms with Gasteiger partial charge in [-0.1, -0.05) is 12.1 Å². The lowest BCUT2D eigenvalue weighted by Gasteiger charge is -2.23. The third-order valence-electron chi connectivity index (χ3n) is 4.39. The predicted molar refractivity (Wildman–Crippen MR) is 94.5 cm³/mol. The van der Waals surface area contributed by atoms with Gasteiger partial charge in [-0.25, -0.2) is 8.42 Å². The molecule has 6 nitrogen and oxygen atoms in total. The summed E-state index contributed by atoms with van der Waals surface area (Å²) in [6.07, 6.45) is -2.94. The number of alkyl halides is 3. The highest BCUT2D eigenvalue weighted by molar-refractivity contribution is 7.92. The van der Waals surface area contributed by atoms with E-state index in [1.807, 2.05) is 0 Å². The molecule has 1 heterocycles. The number of benzene rings is 2. The number of aromatic carboxylic acids is 1. The van der Waals surface area contributed by atoms with Gasteiger partial charge in [0.05, 0.1) is 27.8 Å². The maximum absolute atomic E-state index is 13.1. The molecule has 0 aromatic heterocycles. The first-order valence-electron chi connectivity index (χ1n) is 8.38. The molecule has 1 saturated heterocycles. The highest BCUT2D eigenvalue weighted by Gasteiger charge is 2.32. The van der Waals surface area contributed by atoms with Gasteiger partial charge in [0.15, 0.2) is 0 Å². The largest absolute Gasteiger partial charge is 0.545 e. The first kappa shape index (κ1) is 20.0. The van der Waals surface area contributed by atoms with Crippen LogP contribution in [0.4, 0.5) is 24.5 Å². The van der Waals surface area contributed by atoms with E-state index in [0.717, 1.165) is 43.2 Å². The van der Waals surface area contributed by atoms with E-state index in [2.05, 4.69) is 4.72 Å². The molecule has 3 rings (SSSR count). The lowest BCUT2D eigenvalue weighted by molar-refractivity contribution is -0.255. The van der Waals surface area contributed by atoms with Crippen molar-refractivity contribution in [3.8, 4) is 0 Å². The topological polar surface area (TPSA) is 89.5 Å². The zero-order valence-electron chi connectivity index (χ0n) is 14.5. The van der Waals surface area contributed by atoms with E-state index in [1.165, 1.54) is 12.1 Å². The van der Waals surface area contributed by atoms with Crippen molar-refractivity contribution < 1.29 is 31.5 Å². The van der Waals surface area contributed by atoms with Crippen molar-refractivity contribution >= 4 is 27.4 Å².